The van der Waals surface area contributed by atoms with Crippen molar-refractivity contribution in [1.82, 2.24) is 4.57 Å². The lowest BCUT2D eigenvalue weighted by Gasteiger charge is -2.12. The maximum atomic E-state index is 11.9. The Bertz CT molecular complexity index is 687. The van der Waals surface area contributed by atoms with Gasteiger partial charge >= 0.3 is 10.8 Å². The number of hydrogen-bond donors (Lipinski definition) is 1. The van der Waals surface area contributed by atoms with Crippen LogP contribution in [0.2, 0.25) is 0 Å². The molecule has 0 aliphatic rings. The zero-order chi connectivity index (χ0) is 14.7. The van der Waals surface area contributed by atoms with Crippen molar-refractivity contribution in [1.29, 1.82) is 0 Å². The normalized spacial score (nSPS) is 10.5. The van der Waals surface area contributed by atoms with Gasteiger partial charge in [0, 0.05) is 10.4 Å². The van der Waals surface area contributed by atoms with Crippen LogP contribution in [-0.4, -0.2) is 22.2 Å². The van der Waals surface area contributed by atoms with E-state index in [0.717, 1.165) is 21.8 Å². The van der Waals surface area contributed by atoms with Gasteiger partial charge < -0.3 is 9.84 Å². The molecular weight excluding hydrogens is 278 g/mol. The van der Waals surface area contributed by atoms with E-state index in [4.69, 9.17) is 9.84 Å². The summed E-state index contributed by atoms with van der Waals surface area (Å²) >= 11 is 1.05. The van der Waals surface area contributed by atoms with Crippen molar-refractivity contribution in [3.8, 4) is 17.0 Å². The van der Waals surface area contributed by atoms with E-state index in [1.54, 1.807) is 0 Å². The third-order valence-electron chi connectivity index (χ3n) is 2.80. The molecule has 0 radical (unpaired) electrons. The summed E-state index contributed by atoms with van der Waals surface area (Å²) in [6.45, 7) is 3.84. The molecule has 6 heteroatoms. The second-order valence-electron chi connectivity index (χ2n) is 4.18. The number of hydrogen-bond acceptors (Lipinski definition) is 4. The maximum Gasteiger partial charge on any atom is 0.323 e. The van der Waals surface area contributed by atoms with Gasteiger partial charge in [-0.1, -0.05) is 23.5 Å². The molecule has 0 fully saturated rings. The fourth-order valence-corrected chi connectivity index (χ4v) is 2.92. The highest BCUT2D eigenvalue weighted by Crippen LogP contribution is 2.33. The van der Waals surface area contributed by atoms with E-state index in [1.807, 2.05) is 38.1 Å². The van der Waals surface area contributed by atoms with Gasteiger partial charge in [-0.2, -0.15) is 0 Å². The summed E-state index contributed by atoms with van der Waals surface area (Å²) in [6.07, 6.45) is 0. The van der Waals surface area contributed by atoms with E-state index in [-0.39, 0.29) is 11.4 Å². The lowest BCUT2D eigenvalue weighted by Crippen LogP contribution is -2.20. The molecule has 0 atom stereocenters. The smallest absolute Gasteiger partial charge is 0.323 e. The minimum Gasteiger partial charge on any atom is -0.493 e. The van der Waals surface area contributed by atoms with Gasteiger partial charge in [0.25, 0.3) is 0 Å². The fraction of sp³-hybridized carbons (Fsp3) is 0.286. The van der Waals surface area contributed by atoms with Gasteiger partial charge in [0.1, 0.15) is 12.3 Å². The first-order chi connectivity index (χ1) is 9.54. The zero-order valence-electron chi connectivity index (χ0n) is 11.3. The van der Waals surface area contributed by atoms with Crippen LogP contribution in [0.25, 0.3) is 11.3 Å². The summed E-state index contributed by atoms with van der Waals surface area (Å²) in [5.41, 5.74) is 1.36. The molecule has 0 bridgehead atoms. The van der Waals surface area contributed by atoms with Crippen LogP contribution in [-0.2, 0) is 11.3 Å². The number of thiazole rings is 1. The number of nitrogens with zero attached hydrogens (tertiary/aromatic N) is 1. The van der Waals surface area contributed by atoms with Crippen molar-refractivity contribution < 1.29 is 14.6 Å². The van der Waals surface area contributed by atoms with Crippen LogP contribution in [0.3, 0.4) is 0 Å². The summed E-state index contributed by atoms with van der Waals surface area (Å²) in [5.74, 6) is -0.393. The van der Waals surface area contributed by atoms with Crippen LogP contribution in [0.15, 0.2) is 29.1 Å². The quantitative estimate of drug-likeness (QED) is 0.919. The molecule has 2 aromatic rings. The number of aliphatic carboxylic acids is 1. The van der Waals surface area contributed by atoms with Gasteiger partial charge in [-0.3, -0.25) is 14.2 Å². The van der Waals surface area contributed by atoms with Crippen molar-refractivity contribution in [2.45, 2.75) is 20.4 Å². The molecule has 5 nitrogen and oxygen atoms in total. The number of para-hydroxylation sites is 1. The van der Waals surface area contributed by atoms with Crippen molar-refractivity contribution in [2.75, 3.05) is 6.61 Å². The van der Waals surface area contributed by atoms with E-state index in [0.29, 0.717) is 18.1 Å². The van der Waals surface area contributed by atoms with Gasteiger partial charge in [-0.15, -0.1) is 0 Å². The first-order valence-corrected chi connectivity index (χ1v) is 7.00. The van der Waals surface area contributed by atoms with Gasteiger partial charge in [0.15, 0.2) is 0 Å². The topological polar surface area (TPSA) is 68.5 Å². The molecular formula is C14H15NO4S. The second-order valence-corrected chi connectivity index (χ2v) is 5.35. The van der Waals surface area contributed by atoms with Crippen molar-refractivity contribution in [3.05, 3.63) is 38.8 Å². The zero-order valence-corrected chi connectivity index (χ0v) is 12.1. The van der Waals surface area contributed by atoms with Gasteiger partial charge in [-0.05, 0) is 26.0 Å². The number of carbonyl (C=O) groups is 1. The molecule has 0 saturated heterocycles. The van der Waals surface area contributed by atoms with Crippen molar-refractivity contribution >= 4 is 17.3 Å². The molecule has 0 aliphatic carbocycles. The van der Waals surface area contributed by atoms with Crippen LogP contribution < -0.4 is 9.61 Å². The Labute approximate surface area is 120 Å². The molecule has 1 aromatic heterocycles. The molecule has 106 valence electrons. The average Bonchev–Trinajstić information content (AvgIpc) is 2.65. The molecule has 0 saturated carbocycles. The first kappa shape index (κ1) is 14.3. The molecule has 1 aromatic carbocycles. The highest BCUT2D eigenvalue weighted by atomic mass is 32.1. The minimum absolute atomic E-state index is 0.272. The Kier molecular flexibility index (Phi) is 4.24. The van der Waals surface area contributed by atoms with Crippen LogP contribution in [0, 0.1) is 6.92 Å². The summed E-state index contributed by atoms with van der Waals surface area (Å²) < 4.78 is 6.84. The highest BCUT2D eigenvalue weighted by Gasteiger charge is 2.18. The number of benzene rings is 1. The van der Waals surface area contributed by atoms with E-state index in [9.17, 15) is 9.59 Å². The number of ether oxygens (including phenoxy) is 1. The van der Waals surface area contributed by atoms with Gasteiger partial charge in [-0.25, -0.2) is 0 Å². The lowest BCUT2D eigenvalue weighted by atomic mass is 10.1. The molecule has 1 N–H and O–H groups in total. The molecule has 2 rings (SSSR count). The summed E-state index contributed by atoms with van der Waals surface area (Å²) in [7, 11) is 0. The number of rotatable bonds is 5. The Morgan fingerprint density at radius 1 is 1.40 bits per heavy atom. The van der Waals surface area contributed by atoms with E-state index < -0.39 is 5.97 Å². The predicted molar refractivity (Wildman–Crippen MR) is 77.6 cm³/mol. The molecule has 0 aliphatic heterocycles. The summed E-state index contributed by atoms with van der Waals surface area (Å²) in [5, 5.41) is 8.96. The van der Waals surface area contributed by atoms with E-state index in [1.165, 1.54) is 4.57 Å². The maximum absolute atomic E-state index is 11.9. The van der Waals surface area contributed by atoms with E-state index in [2.05, 4.69) is 0 Å². The average molecular weight is 293 g/mol. The van der Waals surface area contributed by atoms with Crippen molar-refractivity contribution in [3.63, 3.8) is 0 Å². The second kappa shape index (κ2) is 5.92. The Balaban J connectivity index is 2.63. The van der Waals surface area contributed by atoms with Crippen LogP contribution in [0.4, 0.5) is 0 Å². The highest BCUT2D eigenvalue weighted by molar-refractivity contribution is 7.09. The van der Waals surface area contributed by atoms with E-state index >= 15 is 0 Å². The number of carboxylic acids is 1. The molecule has 1 heterocycles. The summed E-state index contributed by atoms with van der Waals surface area (Å²) in [4.78, 5) is 23.4. The molecule has 0 amide bonds. The third-order valence-corrected chi connectivity index (χ3v) is 3.69. The number of carboxylic acid groups (broad SMARTS) is 1. The Hall–Kier alpha value is -2.08. The molecule has 20 heavy (non-hydrogen) atoms. The number of aromatic nitrogens is 1. The minimum atomic E-state index is -1.04. The fourth-order valence-electron chi connectivity index (χ4n) is 2.07. The van der Waals surface area contributed by atoms with Crippen LogP contribution >= 0.6 is 11.3 Å². The summed E-state index contributed by atoms with van der Waals surface area (Å²) in [6, 6.07) is 7.32. The molecule has 0 spiro atoms. The Morgan fingerprint density at radius 3 is 2.75 bits per heavy atom. The predicted octanol–water partition coefficient (Wildman–Crippen LogP) is 2.37. The largest absolute Gasteiger partial charge is 0.493 e. The standard InChI is InChI=1S/C14H15NO4S/c1-3-19-11-7-5-4-6-10(11)13-9(2)20-14(18)15(13)8-12(16)17/h4-7H,3,8H2,1-2H3,(H,16,17). The molecule has 0 unspecified atom stereocenters. The van der Waals surface area contributed by atoms with Gasteiger partial charge in [0.05, 0.1) is 12.3 Å². The SMILES string of the molecule is CCOc1ccccc1-c1c(C)sc(=O)n1CC(=O)O. The lowest BCUT2D eigenvalue weighted by molar-refractivity contribution is -0.137. The van der Waals surface area contributed by atoms with Crippen molar-refractivity contribution in [2.24, 2.45) is 0 Å². The number of aryl methyl sites for hydroxylation is 1. The van der Waals surface area contributed by atoms with Crippen LogP contribution in [0.5, 0.6) is 5.75 Å². The monoisotopic (exact) mass is 293 g/mol. The third kappa shape index (κ3) is 2.75. The first-order valence-electron chi connectivity index (χ1n) is 6.18. The Morgan fingerprint density at radius 2 is 2.10 bits per heavy atom. The van der Waals surface area contributed by atoms with Crippen LogP contribution in [0.1, 0.15) is 11.8 Å². The van der Waals surface area contributed by atoms with Gasteiger partial charge in [0.2, 0.25) is 0 Å².